The first-order chi connectivity index (χ1) is 6.87. The topological polar surface area (TPSA) is 73.7 Å². The van der Waals surface area contributed by atoms with Gasteiger partial charge in [-0.3, -0.25) is 5.41 Å². The summed E-state index contributed by atoms with van der Waals surface area (Å²) in [5.74, 6) is 0.121. The summed E-state index contributed by atoms with van der Waals surface area (Å²) in [4.78, 5) is 0. The number of nitrogen functional groups attached to an aromatic ring is 1. The lowest BCUT2D eigenvalue weighted by Crippen LogP contribution is -2.10. The summed E-state index contributed by atoms with van der Waals surface area (Å²) in [5.41, 5.74) is 5.97. The molecule has 6 heteroatoms. The Hall–Kier alpha value is -2.03. The van der Waals surface area contributed by atoms with Crippen LogP contribution in [-0.2, 0) is 0 Å². The predicted octanol–water partition coefficient (Wildman–Crippen LogP) is 2.04. The highest BCUT2D eigenvalue weighted by molar-refractivity contribution is 5.94. The van der Waals surface area contributed by atoms with Crippen molar-refractivity contribution in [3.8, 4) is 6.07 Å². The van der Waals surface area contributed by atoms with Crippen LogP contribution >= 0.6 is 0 Å². The number of rotatable bonds is 1. The Morgan fingerprint density at radius 1 is 1.27 bits per heavy atom. The Kier molecular flexibility index (Phi) is 4.88. The first kappa shape index (κ1) is 13.0. The molecule has 3 nitrogen and oxygen atoms in total. The molecular formula is C9H8F3N3. The van der Waals surface area contributed by atoms with E-state index in [-0.39, 0.29) is 11.9 Å². The average molecular weight is 215 g/mol. The van der Waals surface area contributed by atoms with Crippen LogP contribution in [0.25, 0.3) is 0 Å². The summed E-state index contributed by atoms with van der Waals surface area (Å²) in [7, 11) is 0. The van der Waals surface area contributed by atoms with Crippen LogP contribution in [0.5, 0.6) is 0 Å². The van der Waals surface area contributed by atoms with Gasteiger partial charge in [0, 0.05) is 5.56 Å². The van der Waals surface area contributed by atoms with Gasteiger partial charge in [0.2, 0.25) is 0 Å². The van der Waals surface area contributed by atoms with Crippen LogP contribution in [0.1, 0.15) is 5.56 Å². The van der Waals surface area contributed by atoms with Gasteiger partial charge in [-0.15, -0.1) is 0 Å². The minimum absolute atomic E-state index is 0.104. The van der Waals surface area contributed by atoms with Gasteiger partial charge in [0.1, 0.15) is 5.84 Å². The number of nitriles is 1. The molecule has 1 aromatic rings. The van der Waals surface area contributed by atoms with Gasteiger partial charge in [-0.25, -0.2) is 0 Å². The largest absolute Gasteiger partial charge is 0.483 e. The van der Waals surface area contributed by atoms with Crippen LogP contribution in [0.15, 0.2) is 30.3 Å². The van der Waals surface area contributed by atoms with E-state index in [9.17, 15) is 13.2 Å². The lowest BCUT2D eigenvalue weighted by atomic mass is 10.2. The summed E-state index contributed by atoms with van der Waals surface area (Å²) in [5, 5.41) is 14.0. The first-order valence-corrected chi connectivity index (χ1v) is 3.74. The molecule has 0 aromatic heterocycles. The zero-order valence-corrected chi connectivity index (χ0v) is 7.55. The SMILES string of the molecule is N#CC(F)(F)F.N=C(N)c1ccccc1. The summed E-state index contributed by atoms with van der Waals surface area (Å²) in [6.07, 6.45) is -4.65. The van der Waals surface area contributed by atoms with E-state index in [1.165, 1.54) is 0 Å². The molecule has 0 aliphatic carbocycles. The van der Waals surface area contributed by atoms with Gasteiger partial charge in [-0.1, -0.05) is 30.3 Å². The molecule has 0 atom stereocenters. The van der Waals surface area contributed by atoms with E-state index in [1.54, 1.807) is 0 Å². The van der Waals surface area contributed by atoms with Crippen molar-refractivity contribution in [2.45, 2.75) is 6.18 Å². The maximum absolute atomic E-state index is 10.4. The van der Waals surface area contributed by atoms with Crippen LogP contribution < -0.4 is 5.73 Å². The second-order valence-electron chi connectivity index (χ2n) is 2.39. The van der Waals surface area contributed by atoms with Crippen LogP contribution in [0.2, 0.25) is 0 Å². The molecule has 1 rings (SSSR count). The Bertz CT molecular complexity index is 351. The molecule has 0 fully saturated rings. The molecule has 80 valence electrons. The average Bonchev–Trinajstić information content (AvgIpc) is 2.19. The Balaban J connectivity index is 0.000000288. The van der Waals surface area contributed by atoms with Crippen molar-refractivity contribution in [1.29, 1.82) is 10.7 Å². The maximum atomic E-state index is 10.4. The van der Waals surface area contributed by atoms with E-state index in [0.29, 0.717) is 0 Å². The Morgan fingerprint density at radius 3 is 1.87 bits per heavy atom. The fourth-order valence-electron chi connectivity index (χ4n) is 0.618. The molecule has 0 saturated carbocycles. The standard InChI is InChI=1S/C7H8N2.C2F3N/c8-7(9)6-4-2-1-3-5-6;3-2(4,5)1-6/h1-5H,(H3,8,9);. The van der Waals surface area contributed by atoms with Crippen molar-refractivity contribution < 1.29 is 13.2 Å². The molecule has 3 N–H and O–H groups in total. The predicted molar refractivity (Wildman–Crippen MR) is 49.1 cm³/mol. The van der Waals surface area contributed by atoms with Crippen molar-refractivity contribution >= 4 is 5.84 Å². The minimum atomic E-state index is -4.65. The number of hydrogen-bond acceptors (Lipinski definition) is 2. The zero-order valence-electron chi connectivity index (χ0n) is 7.55. The van der Waals surface area contributed by atoms with Gasteiger partial charge in [-0.2, -0.15) is 18.4 Å². The second kappa shape index (κ2) is 5.65. The van der Waals surface area contributed by atoms with Crippen LogP contribution in [0.3, 0.4) is 0 Å². The Morgan fingerprint density at radius 2 is 1.67 bits per heavy atom. The van der Waals surface area contributed by atoms with E-state index < -0.39 is 6.18 Å². The zero-order chi connectivity index (χ0) is 11.9. The highest BCUT2D eigenvalue weighted by atomic mass is 19.4. The minimum Gasteiger partial charge on any atom is -0.384 e. The normalized spacial score (nSPS) is 9.47. The summed E-state index contributed by atoms with van der Waals surface area (Å²) in [6, 6.07) is 9.33. The number of nitrogens with two attached hydrogens (primary N) is 1. The van der Waals surface area contributed by atoms with E-state index in [2.05, 4.69) is 0 Å². The van der Waals surface area contributed by atoms with Crippen LogP contribution in [0, 0.1) is 16.7 Å². The molecule has 0 spiro atoms. The van der Waals surface area contributed by atoms with E-state index in [4.69, 9.17) is 16.4 Å². The summed E-state index contributed by atoms with van der Waals surface area (Å²) >= 11 is 0. The van der Waals surface area contributed by atoms with Crippen LogP contribution in [0.4, 0.5) is 13.2 Å². The fourth-order valence-corrected chi connectivity index (χ4v) is 0.618. The molecule has 15 heavy (non-hydrogen) atoms. The van der Waals surface area contributed by atoms with Gasteiger partial charge >= 0.3 is 6.18 Å². The van der Waals surface area contributed by atoms with Crippen molar-refractivity contribution in [1.82, 2.24) is 0 Å². The van der Waals surface area contributed by atoms with Gasteiger partial charge in [0.25, 0.3) is 0 Å². The van der Waals surface area contributed by atoms with E-state index >= 15 is 0 Å². The number of alkyl halides is 3. The third-order valence-electron chi connectivity index (χ3n) is 1.21. The van der Waals surface area contributed by atoms with Crippen LogP contribution in [-0.4, -0.2) is 12.0 Å². The van der Waals surface area contributed by atoms with Gasteiger partial charge in [-0.05, 0) is 0 Å². The quantitative estimate of drug-likeness (QED) is 0.555. The molecular weight excluding hydrogens is 207 g/mol. The first-order valence-electron chi connectivity index (χ1n) is 3.74. The number of nitrogens with zero attached hydrogens (tertiary/aromatic N) is 1. The van der Waals surface area contributed by atoms with Gasteiger partial charge in [0.15, 0.2) is 6.07 Å². The Labute approximate surface area is 84.4 Å². The number of benzene rings is 1. The highest BCUT2D eigenvalue weighted by Crippen LogP contribution is 2.10. The maximum Gasteiger partial charge on any atom is 0.483 e. The lowest BCUT2D eigenvalue weighted by Gasteiger charge is -1.93. The molecule has 0 heterocycles. The lowest BCUT2D eigenvalue weighted by molar-refractivity contribution is -0.0717. The fraction of sp³-hybridized carbons (Fsp3) is 0.111. The van der Waals surface area contributed by atoms with Crippen molar-refractivity contribution in [3.05, 3.63) is 35.9 Å². The van der Waals surface area contributed by atoms with E-state index in [1.807, 2.05) is 30.3 Å². The smallest absolute Gasteiger partial charge is 0.384 e. The van der Waals surface area contributed by atoms with Gasteiger partial charge in [0.05, 0.1) is 0 Å². The summed E-state index contributed by atoms with van der Waals surface area (Å²) in [6.45, 7) is 0. The summed E-state index contributed by atoms with van der Waals surface area (Å²) < 4.78 is 31.3. The monoisotopic (exact) mass is 215 g/mol. The third-order valence-corrected chi connectivity index (χ3v) is 1.21. The molecule has 0 aliphatic rings. The van der Waals surface area contributed by atoms with Gasteiger partial charge < -0.3 is 5.73 Å². The number of nitrogens with one attached hydrogen (secondary N) is 1. The van der Waals surface area contributed by atoms with Crippen molar-refractivity contribution in [2.24, 2.45) is 5.73 Å². The third kappa shape index (κ3) is 7.07. The highest BCUT2D eigenvalue weighted by Gasteiger charge is 2.25. The van der Waals surface area contributed by atoms with Crippen molar-refractivity contribution in [3.63, 3.8) is 0 Å². The number of hydrogen-bond donors (Lipinski definition) is 2. The molecule has 0 aliphatic heterocycles. The number of halogens is 3. The molecule has 1 aromatic carbocycles. The molecule has 0 bridgehead atoms. The molecule has 0 saturated heterocycles. The van der Waals surface area contributed by atoms with Crippen molar-refractivity contribution in [2.75, 3.05) is 0 Å². The molecule has 0 radical (unpaired) electrons. The van der Waals surface area contributed by atoms with E-state index in [0.717, 1.165) is 5.56 Å². The number of amidine groups is 1. The molecule has 0 amide bonds. The second-order valence-corrected chi connectivity index (χ2v) is 2.39. The molecule has 0 unspecified atom stereocenters.